The first-order valence-electron chi connectivity index (χ1n) is 14.2. The van der Waals surface area contributed by atoms with Gasteiger partial charge in [-0.3, -0.25) is 4.79 Å². The van der Waals surface area contributed by atoms with Crippen molar-refractivity contribution in [2.24, 2.45) is 0 Å². The molecule has 2 fully saturated rings. The van der Waals surface area contributed by atoms with Gasteiger partial charge in [-0.15, -0.1) is 0 Å². The van der Waals surface area contributed by atoms with E-state index in [4.69, 9.17) is 14.7 Å². The highest BCUT2D eigenvalue weighted by molar-refractivity contribution is 5.94. The van der Waals surface area contributed by atoms with Crippen LogP contribution in [0.4, 0.5) is 11.5 Å². The van der Waals surface area contributed by atoms with Crippen molar-refractivity contribution in [1.82, 2.24) is 19.8 Å². The number of piperazine rings is 1. The fourth-order valence-electron chi connectivity index (χ4n) is 6.36. The smallest absolute Gasteiger partial charge is 0.318 e. The molecule has 8 nitrogen and oxygen atoms in total. The molecule has 8 heteroatoms. The molecule has 2 aromatic carbocycles. The van der Waals surface area contributed by atoms with Gasteiger partial charge in [0.05, 0.1) is 12.2 Å². The highest BCUT2D eigenvalue weighted by Gasteiger charge is 2.32. The molecule has 3 aliphatic rings. The quantitative estimate of drug-likeness (QED) is 0.452. The molecular formula is C31H38N6O2. The van der Waals surface area contributed by atoms with Crippen LogP contribution in [-0.4, -0.2) is 84.1 Å². The molecule has 2 atom stereocenters. The van der Waals surface area contributed by atoms with Crippen molar-refractivity contribution < 1.29 is 9.53 Å². The standard InChI is InChI=1S/C31H38N6O2/c1-4-29(38)37-18-17-36(19-22(37)2)30-26-14-16-35(28-13-7-10-23-9-5-6-12-25(23)28)20-27(26)32-31(33-30)39-21-24-11-8-15-34(24)3/h4-7,9-10,12-13,22,24H,1,8,11,14-21H2,2-3H3/t22-,24+/m1/s1. The Kier molecular flexibility index (Phi) is 7.12. The summed E-state index contributed by atoms with van der Waals surface area (Å²) in [4.78, 5) is 31.3. The Morgan fingerprint density at radius 2 is 1.92 bits per heavy atom. The lowest BCUT2D eigenvalue weighted by molar-refractivity contribution is -0.128. The fraction of sp³-hybridized carbons (Fsp3) is 0.452. The summed E-state index contributed by atoms with van der Waals surface area (Å²) < 4.78 is 6.29. The number of aromatic nitrogens is 2. The summed E-state index contributed by atoms with van der Waals surface area (Å²) >= 11 is 0. The molecule has 204 valence electrons. The van der Waals surface area contributed by atoms with Crippen molar-refractivity contribution in [2.75, 3.05) is 56.2 Å². The molecular weight excluding hydrogens is 488 g/mol. The number of amides is 1. The van der Waals surface area contributed by atoms with Gasteiger partial charge in [0.15, 0.2) is 0 Å². The molecule has 0 bridgehead atoms. The van der Waals surface area contributed by atoms with Crippen LogP contribution in [0.1, 0.15) is 31.0 Å². The average molecular weight is 527 g/mol. The summed E-state index contributed by atoms with van der Waals surface area (Å²) in [5.41, 5.74) is 3.47. The average Bonchev–Trinajstić information content (AvgIpc) is 3.38. The van der Waals surface area contributed by atoms with Crippen LogP contribution in [0.3, 0.4) is 0 Å². The number of hydrogen-bond donors (Lipinski definition) is 0. The van der Waals surface area contributed by atoms with Crippen molar-refractivity contribution in [3.63, 3.8) is 0 Å². The molecule has 6 rings (SSSR count). The van der Waals surface area contributed by atoms with Crippen molar-refractivity contribution in [3.8, 4) is 6.01 Å². The second-order valence-corrected chi connectivity index (χ2v) is 11.0. The van der Waals surface area contributed by atoms with Crippen LogP contribution >= 0.6 is 0 Å². The highest BCUT2D eigenvalue weighted by Crippen LogP contribution is 2.34. The lowest BCUT2D eigenvalue weighted by Gasteiger charge is -2.41. The number of fused-ring (bicyclic) bond motifs is 2. The number of hydrogen-bond acceptors (Lipinski definition) is 7. The van der Waals surface area contributed by atoms with Gasteiger partial charge in [-0.2, -0.15) is 9.97 Å². The summed E-state index contributed by atoms with van der Waals surface area (Å²) in [7, 11) is 2.16. The van der Waals surface area contributed by atoms with Gasteiger partial charge in [-0.05, 0) is 57.3 Å². The van der Waals surface area contributed by atoms with Crippen LogP contribution in [-0.2, 0) is 17.8 Å². The molecule has 3 aliphatic heterocycles. The summed E-state index contributed by atoms with van der Waals surface area (Å²) in [5.74, 6) is 0.951. The number of rotatable bonds is 6. The van der Waals surface area contributed by atoms with E-state index in [2.05, 4.69) is 77.7 Å². The van der Waals surface area contributed by atoms with Crippen LogP contribution in [0.5, 0.6) is 6.01 Å². The summed E-state index contributed by atoms with van der Waals surface area (Å²) in [6.07, 6.45) is 4.61. The van der Waals surface area contributed by atoms with Gasteiger partial charge in [0.25, 0.3) is 0 Å². The topological polar surface area (TPSA) is 65.0 Å². The van der Waals surface area contributed by atoms with E-state index in [-0.39, 0.29) is 11.9 Å². The largest absolute Gasteiger partial charge is 0.462 e. The van der Waals surface area contributed by atoms with Crippen LogP contribution in [0, 0.1) is 0 Å². The minimum absolute atomic E-state index is 0.0118. The molecule has 4 heterocycles. The Morgan fingerprint density at radius 3 is 2.72 bits per heavy atom. The normalized spacial score (nSPS) is 21.7. The zero-order chi connectivity index (χ0) is 26.9. The minimum atomic E-state index is -0.0118. The number of nitrogens with zero attached hydrogens (tertiary/aromatic N) is 6. The van der Waals surface area contributed by atoms with Gasteiger partial charge in [0.1, 0.15) is 12.4 Å². The van der Waals surface area contributed by atoms with E-state index < -0.39 is 0 Å². The number of anilines is 2. The van der Waals surface area contributed by atoms with E-state index >= 15 is 0 Å². The number of benzene rings is 2. The third-order valence-corrected chi connectivity index (χ3v) is 8.59. The molecule has 0 saturated carbocycles. The first-order valence-corrected chi connectivity index (χ1v) is 14.2. The number of ether oxygens (including phenoxy) is 1. The monoisotopic (exact) mass is 526 g/mol. The van der Waals surface area contributed by atoms with Crippen molar-refractivity contribution >= 4 is 28.2 Å². The molecule has 3 aromatic rings. The SMILES string of the molecule is C=CC(=O)N1CCN(c2nc(OC[C@@H]3CCCN3C)nc3c2CCN(c2cccc4ccccc24)C3)C[C@H]1C. The van der Waals surface area contributed by atoms with E-state index in [0.29, 0.717) is 31.7 Å². The van der Waals surface area contributed by atoms with Crippen LogP contribution in [0.25, 0.3) is 10.8 Å². The maximum Gasteiger partial charge on any atom is 0.318 e. The van der Waals surface area contributed by atoms with Crippen LogP contribution in [0.2, 0.25) is 0 Å². The molecule has 0 aliphatic carbocycles. The molecule has 2 saturated heterocycles. The molecule has 0 unspecified atom stereocenters. The number of likely N-dealkylation sites (tertiary alicyclic amines) is 1. The molecule has 1 amide bonds. The third kappa shape index (κ3) is 5.05. The lowest BCUT2D eigenvalue weighted by Crippen LogP contribution is -2.54. The van der Waals surface area contributed by atoms with E-state index in [1.165, 1.54) is 34.5 Å². The van der Waals surface area contributed by atoms with E-state index in [1.807, 2.05) is 4.90 Å². The summed E-state index contributed by atoms with van der Waals surface area (Å²) in [5, 5.41) is 2.50. The molecule has 0 N–H and O–H groups in total. The number of carbonyl (C=O) groups is 1. The molecule has 0 spiro atoms. The highest BCUT2D eigenvalue weighted by atomic mass is 16.5. The van der Waals surface area contributed by atoms with Gasteiger partial charge < -0.3 is 24.3 Å². The van der Waals surface area contributed by atoms with Gasteiger partial charge in [-0.1, -0.05) is 43.0 Å². The Bertz CT molecular complexity index is 1370. The predicted molar refractivity (Wildman–Crippen MR) is 155 cm³/mol. The summed E-state index contributed by atoms with van der Waals surface area (Å²) in [6.45, 7) is 11.2. The van der Waals surface area contributed by atoms with Gasteiger partial charge in [-0.25, -0.2) is 0 Å². The van der Waals surface area contributed by atoms with Crippen molar-refractivity contribution in [1.29, 1.82) is 0 Å². The molecule has 39 heavy (non-hydrogen) atoms. The number of likely N-dealkylation sites (N-methyl/N-ethyl adjacent to an activating group) is 1. The van der Waals surface area contributed by atoms with Crippen LogP contribution in [0.15, 0.2) is 55.1 Å². The Morgan fingerprint density at radius 1 is 1.08 bits per heavy atom. The van der Waals surface area contributed by atoms with Crippen molar-refractivity contribution in [3.05, 3.63) is 66.4 Å². The maximum atomic E-state index is 12.3. The Labute approximate surface area is 230 Å². The molecule has 1 aromatic heterocycles. The minimum Gasteiger partial charge on any atom is -0.462 e. The maximum absolute atomic E-state index is 12.3. The van der Waals surface area contributed by atoms with Gasteiger partial charge >= 0.3 is 6.01 Å². The third-order valence-electron chi connectivity index (χ3n) is 8.59. The zero-order valence-corrected chi connectivity index (χ0v) is 23.1. The second-order valence-electron chi connectivity index (χ2n) is 11.0. The van der Waals surface area contributed by atoms with Crippen LogP contribution < -0.4 is 14.5 Å². The predicted octanol–water partition coefficient (Wildman–Crippen LogP) is 3.89. The van der Waals surface area contributed by atoms with E-state index in [1.54, 1.807) is 0 Å². The first kappa shape index (κ1) is 25.6. The second kappa shape index (κ2) is 10.8. The summed E-state index contributed by atoms with van der Waals surface area (Å²) in [6, 6.07) is 16.0. The van der Waals surface area contributed by atoms with Gasteiger partial charge in [0, 0.05) is 54.9 Å². The Balaban J connectivity index is 1.31. The van der Waals surface area contributed by atoms with E-state index in [0.717, 1.165) is 50.5 Å². The fourth-order valence-corrected chi connectivity index (χ4v) is 6.36. The van der Waals surface area contributed by atoms with Gasteiger partial charge in [0.2, 0.25) is 5.91 Å². The van der Waals surface area contributed by atoms with E-state index in [9.17, 15) is 4.79 Å². The Hall–Kier alpha value is -3.65. The molecule has 0 radical (unpaired) electrons. The number of carbonyl (C=O) groups excluding carboxylic acids is 1. The van der Waals surface area contributed by atoms with Crippen molar-refractivity contribution in [2.45, 2.75) is 44.8 Å². The lowest BCUT2D eigenvalue weighted by atomic mass is 10.0. The first-order chi connectivity index (χ1) is 19.0. The zero-order valence-electron chi connectivity index (χ0n) is 23.1.